The lowest BCUT2D eigenvalue weighted by atomic mass is 10.1. The molecule has 14 heteroatoms. The van der Waals surface area contributed by atoms with Crippen LogP contribution in [-0.2, 0) is 10.0 Å². The van der Waals surface area contributed by atoms with Crippen LogP contribution < -0.4 is 19.5 Å². The molecule has 4 aromatic rings. The van der Waals surface area contributed by atoms with Gasteiger partial charge in [-0.3, -0.25) is 9.82 Å². The quantitative estimate of drug-likeness (QED) is 0.329. The number of nitrogens with one attached hydrogen (secondary N) is 3. The number of anilines is 1. The van der Waals surface area contributed by atoms with E-state index < -0.39 is 39.3 Å². The van der Waals surface area contributed by atoms with E-state index in [1.165, 1.54) is 43.6 Å². The Labute approximate surface area is 209 Å². The Morgan fingerprint density at radius 3 is 2.65 bits per heavy atom. The number of aromatic nitrogens is 4. The Bertz CT molecular complexity index is 1550. The van der Waals surface area contributed by atoms with Crippen molar-refractivity contribution in [2.75, 3.05) is 24.9 Å². The number of halogens is 3. The maximum atomic E-state index is 14.3. The number of benzene rings is 2. The molecule has 0 radical (unpaired) electrons. The third-order valence-corrected chi connectivity index (χ3v) is 7.16. The minimum Gasteiger partial charge on any atom is -0.497 e. The molecule has 194 valence electrons. The first-order valence-electron chi connectivity index (χ1n) is 11.1. The molecule has 10 nitrogen and oxygen atoms in total. The Hall–Kier alpha value is -3.91. The molecule has 0 amide bonds. The largest absolute Gasteiger partial charge is 0.497 e. The van der Waals surface area contributed by atoms with Crippen LogP contribution in [0.5, 0.6) is 11.6 Å². The summed E-state index contributed by atoms with van der Waals surface area (Å²) in [5.74, 6) is -3.72. The van der Waals surface area contributed by atoms with Crippen molar-refractivity contribution in [1.82, 2.24) is 25.5 Å². The second kappa shape index (κ2) is 9.52. The Kier molecular flexibility index (Phi) is 6.37. The number of aromatic amines is 1. The predicted octanol–water partition coefficient (Wildman–Crippen LogP) is 3.34. The van der Waals surface area contributed by atoms with Crippen molar-refractivity contribution in [1.29, 1.82) is 0 Å². The van der Waals surface area contributed by atoms with Crippen LogP contribution in [-0.4, -0.2) is 60.8 Å². The summed E-state index contributed by atoms with van der Waals surface area (Å²) in [6, 6.07) is 9.32. The lowest BCUT2D eigenvalue weighted by molar-refractivity contribution is -0.109. The Morgan fingerprint density at radius 1 is 1.14 bits per heavy atom. The summed E-state index contributed by atoms with van der Waals surface area (Å²) >= 11 is 0. The number of nitrogens with zero attached hydrogens (tertiary/aromatic N) is 3. The van der Waals surface area contributed by atoms with Crippen molar-refractivity contribution in [2.45, 2.75) is 23.3 Å². The van der Waals surface area contributed by atoms with E-state index in [9.17, 15) is 21.6 Å². The minimum absolute atomic E-state index is 0.0430. The van der Waals surface area contributed by atoms with Crippen molar-refractivity contribution < 1.29 is 31.1 Å². The molecule has 2 aromatic heterocycles. The fraction of sp³-hybridized carbons (Fsp3) is 0.261. The van der Waals surface area contributed by atoms with Gasteiger partial charge < -0.3 is 14.8 Å². The van der Waals surface area contributed by atoms with Crippen LogP contribution >= 0.6 is 0 Å². The number of H-pyrrole nitrogens is 1. The van der Waals surface area contributed by atoms with E-state index in [0.717, 1.165) is 12.1 Å². The minimum atomic E-state index is -4.26. The van der Waals surface area contributed by atoms with Gasteiger partial charge in [0.1, 0.15) is 21.8 Å². The topological polar surface area (TPSA) is 131 Å². The smallest absolute Gasteiger partial charge is 0.296 e. The van der Waals surface area contributed by atoms with Gasteiger partial charge in [0.2, 0.25) is 5.88 Å². The number of sulfonamides is 1. The lowest BCUT2D eigenvalue weighted by Crippen LogP contribution is -2.52. The lowest BCUT2D eigenvalue weighted by Gasteiger charge is -2.31. The van der Waals surface area contributed by atoms with Gasteiger partial charge in [0.05, 0.1) is 19.9 Å². The van der Waals surface area contributed by atoms with Crippen molar-refractivity contribution >= 4 is 26.7 Å². The molecule has 1 saturated heterocycles. The molecule has 1 fully saturated rings. The second-order valence-electron chi connectivity index (χ2n) is 8.30. The van der Waals surface area contributed by atoms with Gasteiger partial charge in [-0.2, -0.15) is 10.1 Å². The van der Waals surface area contributed by atoms with Gasteiger partial charge in [-0.15, -0.1) is 0 Å². The molecule has 2 aromatic carbocycles. The highest BCUT2D eigenvalue weighted by Gasteiger charge is 2.44. The zero-order valence-electron chi connectivity index (χ0n) is 19.3. The predicted molar refractivity (Wildman–Crippen MR) is 128 cm³/mol. The summed E-state index contributed by atoms with van der Waals surface area (Å²) in [6.45, 7) is -0.120. The van der Waals surface area contributed by atoms with Gasteiger partial charge in [-0.25, -0.2) is 26.6 Å². The molecule has 0 spiro atoms. The van der Waals surface area contributed by atoms with E-state index in [1.54, 1.807) is 0 Å². The maximum absolute atomic E-state index is 14.3. The molecule has 3 N–H and O–H groups in total. The van der Waals surface area contributed by atoms with Crippen LogP contribution in [0.2, 0.25) is 0 Å². The first-order valence-corrected chi connectivity index (χ1v) is 12.6. The highest BCUT2D eigenvalue weighted by Crippen LogP contribution is 2.32. The van der Waals surface area contributed by atoms with Crippen LogP contribution in [0.25, 0.3) is 22.4 Å². The summed E-state index contributed by atoms with van der Waals surface area (Å²) in [5, 5.41) is 9.58. The molecule has 0 aliphatic carbocycles. The normalized spacial score (nSPS) is 17.5. The summed E-state index contributed by atoms with van der Waals surface area (Å²) in [6.07, 6.45) is 0.112. The fourth-order valence-corrected chi connectivity index (χ4v) is 4.99. The van der Waals surface area contributed by atoms with Crippen molar-refractivity contribution in [3.8, 4) is 23.0 Å². The number of ether oxygens (including phenoxy) is 2. The number of piperidine rings is 1. The summed E-state index contributed by atoms with van der Waals surface area (Å²) in [7, 11) is -2.92. The van der Waals surface area contributed by atoms with E-state index in [0.29, 0.717) is 17.5 Å². The molecular weight excluding hydrogens is 513 g/mol. The highest BCUT2D eigenvalue weighted by atomic mass is 32.2. The number of hydrogen-bond donors (Lipinski definition) is 3. The first kappa shape index (κ1) is 24.8. The summed E-state index contributed by atoms with van der Waals surface area (Å²) < 4.78 is 81.2. The van der Waals surface area contributed by atoms with Crippen LogP contribution in [0.15, 0.2) is 53.6 Å². The molecule has 1 unspecified atom stereocenters. The number of hydrogen-bond acceptors (Lipinski definition) is 8. The molecule has 1 aliphatic rings. The van der Waals surface area contributed by atoms with Crippen LogP contribution in [0.4, 0.5) is 18.9 Å². The van der Waals surface area contributed by atoms with Gasteiger partial charge in [-0.1, -0.05) is 0 Å². The SMILES string of the molecule is COc1ccc(F)c(S(=O)(=O)Nc2ccc(-c3nc(OC4CCNCC4(F)F)c4cn[nH]c4n3)cc2)c1. The summed E-state index contributed by atoms with van der Waals surface area (Å²) in [5.41, 5.74) is 0.892. The highest BCUT2D eigenvalue weighted by molar-refractivity contribution is 7.92. The van der Waals surface area contributed by atoms with Crippen molar-refractivity contribution in [2.24, 2.45) is 0 Å². The van der Waals surface area contributed by atoms with E-state index in [4.69, 9.17) is 9.47 Å². The van der Waals surface area contributed by atoms with Gasteiger partial charge >= 0.3 is 0 Å². The summed E-state index contributed by atoms with van der Waals surface area (Å²) in [4.78, 5) is 8.13. The van der Waals surface area contributed by atoms with Gasteiger partial charge in [-0.05, 0) is 42.9 Å². The van der Waals surface area contributed by atoms with E-state index in [-0.39, 0.29) is 35.2 Å². The molecule has 37 heavy (non-hydrogen) atoms. The number of methoxy groups -OCH3 is 1. The average molecular weight is 535 g/mol. The average Bonchev–Trinajstić information content (AvgIpc) is 3.35. The standard InChI is InChI=1S/C23H21F3N6O4S/c1-35-15-6-7-17(24)18(10-15)37(33,34)32-14-4-2-13(3-5-14)20-29-21-16(11-28-31-21)22(30-20)36-19-8-9-27-12-23(19,25)26/h2-7,10-11,19,27,32H,8-9,12H2,1H3,(H,28,29,30,31). The third-order valence-electron chi connectivity index (χ3n) is 5.77. The molecule has 1 atom stereocenters. The molecule has 3 heterocycles. The molecule has 5 rings (SSSR count). The molecular formula is C23H21F3N6O4S. The van der Waals surface area contributed by atoms with Gasteiger partial charge in [0, 0.05) is 23.7 Å². The molecule has 0 bridgehead atoms. The van der Waals surface area contributed by atoms with E-state index in [2.05, 4.69) is 30.2 Å². The van der Waals surface area contributed by atoms with Gasteiger partial charge in [0.25, 0.3) is 15.9 Å². The molecule has 0 saturated carbocycles. The fourth-order valence-electron chi connectivity index (χ4n) is 3.83. The Balaban J connectivity index is 1.42. The van der Waals surface area contributed by atoms with Crippen LogP contribution in [0.1, 0.15) is 6.42 Å². The van der Waals surface area contributed by atoms with Crippen LogP contribution in [0, 0.1) is 5.82 Å². The Morgan fingerprint density at radius 2 is 1.92 bits per heavy atom. The monoisotopic (exact) mass is 534 g/mol. The first-order chi connectivity index (χ1) is 17.7. The van der Waals surface area contributed by atoms with Gasteiger partial charge in [0.15, 0.2) is 17.6 Å². The maximum Gasteiger partial charge on any atom is 0.296 e. The van der Waals surface area contributed by atoms with Crippen molar-refractivity contribution in [3.05, 3.63) is 54.5 Å². The zero-order chi connectivity index (χ0) is 26.2. The number of rotatable bonds is 7. The number of alkyl halides is 2. The van der Waals surface area contributed by atoms with E-state index >= 15 is 0 Å². The third kappa shape index (κ3) is 5.02. The van der Waals surface area contributed by atoms with E-state index in [1.807, 2.05) is 0 Å². The second-order valence-corrected chi connectivity index (χ2v) is 9.95. The van der Waals surface area contributed by atoms with Crippen LogP contribution in [0.3, 0.4) is 0 Å². The number of fused-ring (bicyclic) bond motifs is 1. The van der Waals surface area contributed by atoms with Crippen molar-refractivity contribution in [3.63, 3.8) is 0 Å². The zero-order valence-corrected chi connectivity index (χ0v) is 20.2. The molecule has 1 aliphatic heterocycles.